The average molecular weight is 224 g/mol. The second-order valence-electron chi connectivity index (χ2n) is 5.04. The zero-order chi connectivity index (χ0) is 10.7. The van der Waals surface area contributed by atoms with Crippen LogP contribution in [0.5, 0.6) is 0 Å². The fourth-order valence-corrected chi connectivity index (χ4v) is 3.10. The van der Waals surface area contributed by atoms with E-state index in [0.717, 1.165) is 18.9 Å². The van der Waals surface area contributed by atoms with Gasteiger partial charge in [0, 0.05) is 5.38 Å². The van der Waals surface area contributed by atoms with E-state index in [9.17, 15) is 0 Å². The SMILES string of the molecule is CC1CCC(CN)(Cc2cscn2)CC1. The van der Waals surface area contributed by atoms with Crippen LogP contribution >= 0.6 is 11.3 Å². The molecule has 0 atom stereocenters. The maximum atomic E-state index is 5.98. The molecule has 1 aliphatic rings. The lowest BCUT2D eigenvalue weighted by Crippen LogP contribution is -2.36. The van der Waals surface area contributed by atoms with Gasteiger partial charge in [-0.05, 0) is 37.1 Å². The minimum absolute atomic E-state index is 0.348. The third kappa shape index (κ3) is 2.58. The summed E-state index contributed by atoms with van der Waals surface area (Å²) in [5.41, 5.74) is 9.48. The minimum Gasteiger partial charge on any atom is -0.330 e. The van der Waals surface area contributed by atoms with Crippen LogP contribution in [0.15, 0.2) is 10.9 Å². The molecule has 0 unspecified atom stereocenters. The Labute approximate surface area is 95.9 Å². The monoisotopic (exact) mass is 224 g/mol. The molecule has 15 heavy (non-hydrogen) atoms. The van der Waals surface area contributed by atoms with Gasteiger partial charge in [0.05, 0.1) is 11.2 Å². The number of hydrogen-bond donors (Lipinski definition) is 1. The first kappa shape index (κ1) is 11.1. The molecule has 3 heteroatoms. The predicted octanol–water partition coefficient (Wildman–Crippen LogP) is 2.84. The molecule has 1 saturated carbocycles. The van der Waals surface area contributed by atoms with Gasteiger partial charge in [0.15, 0.2) is 0 Å². The highest BCUT2D eigenvalue weighted by atomic mass is 32.1. The van der Waals surface area contributed by atoms with Gasteiger partial charge in [-0.1, -0.05) is 19.8 Å². The Morgan fingerprint density at radius 1 is 1.53 bits per heavy atom. The fraction of sp³-hybridized carbons (Fsp3) is 0.750. The molecular weight excluding hydrogens is 204 g/mol. The van der Waals surface area contributed by atoms with Crippen LogP contribution in [0.1, 0.15) is 38.3 Å². The maximum absolute atomic E-state index is 5.98. The number of rotatable bonds is 3. The fourth-order valence-electron chi connectivity index (χ4n) is 2.54. The lowest BCUT2D eigenvalue weighted by molar-refractivity contribution is 0.162. The third-order valence-electron chi connectivity index (χ3n) is 3.81. The van der Waals surface area contributed by atoms with Gasteiger partial charge in [-0.15, -0.1) is 11.3 Å². The highest BCUT2D eigenvalue weighted by molar-refractivity contribution is 7.07. The summed E-state index contributed by atoms with van der Waals surface area (Å²) in [6.45, 7) is 3.17. The topological polar surface area (TPSA) is 38.9 Å². The second kappa shape index (κ2) is 4.62. The smallest absolute Gasteiger partial charge is 0.0794 e. The highest BCUT2D eigenvalue weighted by Crippen LogP contribution is 2.40. The molecule has 0 bridgehead atoms. The third-order valence-corrected chi connectivity index (χ3v) is 4.44. The minimum atomic E-state index is 0.348. The summed E-state index contributed by atoms with van der Waals surface area (Å²) < 4.78 is 0. The Hall–Kier alpha value is -0.410. The van der Waals surface area contributed by atoms with Gasteiger partial charge in [0.1, 0.15) is 0 Å². The van der Waals surface area contributed by atoms with Crippen LogP contribution in [0.3, 0.4) is 0 Å². The van der Waals surface area contributed by atoms with E-state index >= 15 is 0 Å². The van der Waals surface area contributed by atoms with Crippen LogP contribution in [-0.2, 0) is 6.42 Å². The predicted molar refractivity (Wildman–Crippen MR) is 64.9 cm³/mol. The molecule has 0 aliphatic heterocycles. The first-order chi connectivity index (χ1) is 7.24. The molecule has 1 heterocycles. The summed E-state index contributed by atoms with van der Waals surface area (Å²) in [7, 11) is 0. The van der Waals surface area contributed by atoms with Gasteiger partial charge in [-0.2, -0.15) is 0 Å². The summed E-state index contributed by atoms with van der Waals surface area (Å²) in [4.78, 5) is 4.39. The van der Waals surface area contributed by atoms with Crippen LogP contribution in [0.25, 0.3) is 0 Å². The first-order valence-electron chi connectivity index (χ1n) is 5.81. The molecule has 1 aromatic rings. The van der Waals surface area contributed by atoms with Crippen molar-refractivity contribution in [2.75, 3.05) is 6.54 Å². The summed E-state index contributed by atoms with van der Waals surface area (Å²) in [5, 5.41) is 2.16. The van der Waals surface area contributed by atoms with Crippen molar-refractivity contribution in [2.45, 2.75) is 39.0 Å². The van der Waals surface area contributed by atoms with Crippen LogP contribution in [0, 0.1) is 11.3 Å². The van der Waals surface area contributed by atoms with Gasteiger partial charge < -0.3 is 5.73 Å². The molecule has 0 saturated heterocycles. The molecule has 84 valence electrons. The van der Waals surface area contributed by atoms with E-state index in [1.165, 1.54) is 31.4 Å². The van der Waals surface area contributed by atoms with Crippen molar-refractivity contribution in [1.29, 1.82) is 0 Å². The van der Waals surface area contributed by atoms with E-state index in [1.807, 2.05) is 5.51 Å². The van der Waals surface area contributed by atoms with Crippen molar-refractivity contribution >= 4 is 11.3 Å². The van der Waals surface area contributed by atoms with Crippen molar-refractivity contribution in [3.8, 4) is 0 Å². The van der Waals surface area contributed by atoms with Crippen LogP contribution in [-0.4, -0.2) is 11.5 Å². The Morgan fingerprint density at radius 3 is 2.80 bits per heavy atom. The van der Waals surface area contributed by atoms with E-state index in [2.05, 4.69) is 17.3 Å². The molecule has 1 aromatic heterocycles. The van der Waals surface area contributed by atoms with Gasteiger partial charge >= 0.3 is 0 Å². The first-order valence-corrected chi connectivity index (χ1v) is 6.75. The van der Waals surface area contributed by atoms with Crippen LogP contribution < -0.4 is 5.73 Å². The molecular formula is C12H20N2S. The molecule has 0 amide bonds. The molecule has 0 radical (unpaired) electrons. The molecule has 0 spiro atoms. The number of nitrogens with zero attached hydrogens (tertiary/aromatic N) is 1. The van der Waals surface area contributed by atoms with Gasteiger partial charge in [-0.3, -0.25) is 0 Å². The normalized spacial score (nSPS) is 31.7. The van der Waals surface area contributed by atoms with Crippen molar-refractivity contribution in [3.63, 3.8) is 0 Å². The zero-order valence-electron chi connectivity index (χ0n) is 9.41. The van der Waals surface area contributed by atoms with Crippen molar-refractivity contribution < 1.29 is 0 Å². The summed E-state index contributed by atoms with van der Waals surface area (Å²) in [5.74, 6) is 0.889. The van der Waals surface area contributed by atoms with Gasteiger partial charge in [0.2, 0.25) is 0 Å². The van der Waals surface area contributed by atoms with Crippen molar-refractivity contribution in [1.82, 2.24) is 4.98 Å². The molecule has 0 aromatic carbocycles. The van der Waals surface area contributed by atoms with E-state index in [1.54, 1.807) is 11.3 Å². The van der Waals surface area contributed by atoms with Crippen molar-refractivity contribution in [2.24, 2.45) is 17.1 Å². The second-order valence-corrected chi connectivity index (χ2v) is 5.76. The lowest BCUT2D eigenvalue weighted by Gasteiger charge is -2.38. The zero-order valence-corrected chi connectivity index (χ0v) is 10.2. The maximum Gasteiger partial charge on any atom is 0.0794 e. The number of nitrogens with two attached hydrogens (primary N) is 1. The van der Waals surface area contributed by atoms with Gasteiger partial charge in [-0.25, -0.2) is 4.98 Å². The molecule has 1 fully saturated rings. The molecule has 2 rings (SSSR count). The molecule has 2 N–H and O–H groups in total. The number of thiazole rings is 1. The summed E-state index contributed by atoms with van der Waals surface area (Å²) in [6.07, 6.45) is 6.31. The Balaban J connectivity index is 2.02. The average Bonchev–Trinajstić information content (AvgIpc) is 2.75. The molecule has 2 nitrogen and oxygen atoms in total. The highest BCUT2D eigenvalue weighted by Gasteiger charge is 2.33. The number of hydrogen-bond acceptors (Lipinski definition) is 3. The van der Waals surface area contributed by atoms with E-state index < -0.39 is 0 Å². The van der Waals surface area contributed by atoms with E-state index in [4.69, 9.17) is 5.73 Å². The lowest BCUT2D eigenvalue weighted by atomic mass is 9.68. The van der Waals surface area contributed by atoms with Crippen molar-refractivity contribution in [3.05, 3.63) is 16.6 Å². The summed E-state index contributed by atoms with van der Waals surface area (Å²) >= 11 is 1.69. The quantitative estimate of drug-likeness (QED) is 0.857. The Morgan fingerprint density at radius 2 is 2.27 bits per heavy atom. The van der Waals surface area contributed by atoms with E-state index in [0.29, 0.717) is 5.41 Å². The standard InChI is InChI=1S/C12H20N2S/c1-10-2-4-12(8-13,5-3-10)6-11-7-15-9-14-11/h7,9-10H,2-6,8,13H2,1H3. The van der Waals surface area contributed by atoms with E-state index in [-0.39, 0.29) is 0 Å². The summed E-state index contributed by atoms with van der Waals surface area (Å²) in [6, 6.07) is 0. The van der Waals surface area contributed by atoms with Gasteiger partial charge in [0.25, 0.3) is 0 Å². The largest absolute Gasteiger partial charge is 0.330 e. The van der Waals surface area contributed by atoms with Crippen LogP contribution in [0.4, 0.5) is 0 Å². The molecule has 1 aliphatic carbocycles. The number of aromatic nitrogens is 1. The Kier molecular flexibility index (Phi) is 3.42. The Bertz CT molecular complexity index is 287. The van der Waals surface area contributed by atoms with Crippen LogP contribution in [0.2, 0.25) is 0 Å².